The molecule has 0 saturated heterocycles. The van der Waals surface area contributed by atoms with Crippen molar-refractivity contribution in [3.63, 3.8) is 0 Å². The molecule has 0 radical (unpaired) electrons. The Balaban J connectivity index is 2.00. The Labute approximate surface area is 168 Å². The molecule has 0 unspecified atom stereocenters. The van der Waals surface area contributed by atoms with Gasteiger partial charge in [0.05, 0.1) is 9.72 Å². The van der Waals surface area contributed by atoms with E-state index in [1.807, 2.05) is 68.7 Å². The second-order valence-corrected chi connectivity index (χ2v) is 8.47. The van der Waals surface area contributed by atoms with Crippen molar-refractivity contribution in [1.29, 1.82) is 0 Å². The number of hydrogen-bond acceptors (Lipinski definition) is 5. The molecule has 0 aliphatic heterocycles. The normalized spacial score (nSPS) is 11.7. The van der Waals surface area contributed by atoms with Gasteiger partial charge in [-0.1, -0.05) is 29.0 Å². The summed E-state index contributed by atoms with van der Waals surface area (Å²) in [5.74, 6) is -0.144. The topological polar surface area (TPSA) is 54.3 Å². The van der Waals surface area contributed by atoms with Crippen LogP contribution in [0.4, 0.5) is 5.13 Å². The van der Waals surface area contributed by atoms with Crippen molar-refractivity contribution >= 4 is 44.2 Å². The molecule has 0 aliphatic rings. The lowest BCUT2D eigenvalue weighted by Gasteiger charge is -2.21. The smallest absolute Gasteiger partial charge is 0.280 e. The zero-order chi connectivity index (χ0) is 19.7. The molecule has 3 rings (SSSR count). The first-order valence-corrected chi connectivity index (χ1v) is 10.0. The molecule has 3 aromatic rings. The van der Waals surface area contributed by atoms with E-state index in [0.717, 1.165) is 22.5 Å². The molecule has 0 saturated carbocycles. The minimum Gasteiger partial charge on any atom is -0.308 e. The summed E-state index contributed by atoms with van der Waals surface area (Å²) in [6.45, 7) is 7.31. The van der Waals surface area contributed by atoms with E-state index in [1.54, 1.807) is 4.90 Å². The fourth-order valence-electron chi connectivity index (χ4n) is 2.86. The number of carbonyl (C=O) groups is 1. The lowest BCUT2D eigenvalue weighted by atomic mass is 10.3. The number of aryl methyl sites for hydroxylation is 1. The summed E-state index contributed by atoms with van der Waals surface area (Å²) in [7, 11) is 3.96. The Bertz CT molecular complexity index is 962. The number of fused-ring (bicyclic) bond motifs is 1. The van der Waals surface area contributed by atoms with Crippen LogP contribution in [0.3, 0.4) is 0 Å². The molecule has 1 aromatic carbocycles. The van der Waals surface area contributed by atoms with Gasteiger partial charge in [-0.3, -0.25) is 14.4 Å². The molecule has 6 nitrogen and oxygen atoms in total. The molecule has 0 aliphatic carbocycles. The van der Waals surface area contributed by atoms with Gasteiger partial charge in [-0.25, -0.2) is 4.98 Å². The SMILES string of the molecule is Cc1cc(C(=O)N(CCN(C)C)c2nc3c(Cl)cccc3s2)nn1C(C)C. The molecule has 2 aromatic heterocycles. The molecule has 0 atom stereocenters. The molecular weight excluding hydrogens is 382 g/mol. The van der Waals surface area contributed by atoms with Crippen LogP contribution in [-0.2, 0) is 0 Å². The lowest BCUT2D eigenvalue weighted by molar-refractivity contribution is 0.0979. The third-order valence-corrected chi connectivity index (χ3v) is 5.58. The highest BCUT2D eigenvalue weighted by Crippen LogP contribution is 2.33. The maximum Gasteiger partial charge on any atom is 0.280 e. The Morgan fingerprint density at radius 2 is 2.04 bits per heavy atom. The van der Waals surface area contributed by atoms with E-state index in [-0.39, 0.29) is 11.9 Å². The van der Waals surface area contributed by atoms with E-state index in [0.29, 0.717) is 22.4 Å². The van der Waals surface area contributed by atoms with Crippen molar-refractivity contribution in [2.45, 2.75) is 26.8 Å². The molecule has 144 valence electrons. The predicted molar refractivity (Wildman–Crippen MR) is 112 cm³/mol. The third kappa shape index (κ3) is 4.15. The standard InChI is InChI=1S/C19H24ClN5OS/c1-12(2)25-13(3)11-15(22-25)18(26)24(10-9-23(4)5)19-21-17-14(20)7-6-8-16(17)27-19/h6-8,11-12H,9-10H2,1-5H3. The summed E-state index contributed by atoms with van der Waals surface area (Å²) >= 11 is 7.74. The van der Waals surface area contributed by atoms with Crippen LogP contribution in [0.25, 0.3) is 10.2 Å². The minimum atomic E-state index is -0.144. The average molecular weight is 406 g/mol. The number of halogens is 1. The summed E-state index contributed by atoms with van der Waals surface area (Å²) in [5.41, 5.74) is 2.13. The Morgan fingerprint density at radius 3 is 2.63 bits per heavy atom. The van der Waals surface area contributed by atoms with Gasteiger partial charge < -0.3 is 4.90 Å². The number of carbonyl (C=O) groups excluding carboxylic acids is 1. The second kappa shape index (κ2) is 7.96. The first-order chi connectivity index (χ1) is 12.8. The van der Waals surface area contributed by atoms with Crippen molar-refractivity contribution in [1.82, 2.24) is 19.7 Å². The van der Waals surface area contributed by atoms with Gasteiger partial charge in [-0.05, 0) is 53.1 Å². The van der Waals surface area contributed by atoms with Crippen LogP contribution in [-0.4, -0.2) is 52.8 Å². The minimum absolute atomic E-state index is 0.144. The average Bonchev–Trinajstić information content (AvgIpc) is 3.19. The van der Waals surface area contributed by atoms with E-state index in [1.165, 1.54) is 11.3 Å². The van der Waals surface area contributed by atoms with Crippen molar-refractivity contribution < 1.29 is 4.79 Å². The zero-order valence-corrected chi connectivity index (χ0v) is 17.8. The number of benzene rings is 1. The molecule has 1 amide bonds. The number of aromatic nitrogens is 3. The quantitative estimate of drug-likeness (QED) is 0.615. The zero-order valence-electron chi connectivity index (χ0n) is 16.2. The van der Waals surface area contributed by atoms with Gasteiger partial charge in [0.15, 0.2) is 10.8 Å². The number of nitrogens with zero attached hydrogens (tertiary/aromatic N) is 5. The van der Waals surface area contributed by atoms with Crippen molar-refractivity contribution in [3.8, 4) is 0 Å². The summed E-state index contributed by atoms with van der Waals surface area (Å²) < 4.78 is 2.83. The van der Waals surface area contributed by atoms with Gasteiger partial charge in [-0.2, -0.15) is 5.10 Å². The monoisotopic (exact) mass is 405 g/mol. The number of likely N-dealkylation sites (N-methyl/N-ethyl adjacent to an activating group) is 1. The maximum atomic E-state index is 13.3. The van der Waals surface area contributed by atoms with Crippen LogP contribution in [0.15, 0.2) is 24.3 Å². The van der Waals surface area contributed by atoms with Crippen LogP contribution in [0.5, 0.6) is 0 Å². The second-order valence-electron chi connectivity index (χ2n) is 7.05. The molecule has 0 fully saturated rings. The van der Waals surface area contributed by atoms with Crippen LogP contribution >= 0.6 is 22.9 Å². The van der Waals surface area contributed by atoms with Crippen LogP contribution < -0.4 is 4.90 Å². The predicted octanol–water partition coefficient (Wildman–Crippen LogP) is 4.24. The molecule has 2 heterocycles. The molecule has 8 heteroatoms. The summed E-state index contributed by atoms with van der Waals surface area (Å²) in [6.07, 6.45) is 0. The number of anilines is 1. The summed E-state index contributed by atoms with van der Waals surface area (Å²) in [5, 5.41) is 5.75. The number of hydrogen-bond donors (Lipinski definition) is 0. The maximum absolute atomic E-state index is 13.3. The van der Waals surface area contributed by atoms with E-state index in [4.69, 9.17) is 11.6 Å². The number of thiazole rings is 1. The van der Waals surface area contributed by atoms with Gasteiger partial charge in [0.1, 0.15) is 5.52 Å². The van der Waals surface area contributed by atoms with E-state index >= 15 is 0 Å². The van der Waals surface area contributed by atoms with Crippen LogP contribution in [0.2, 0.25) is 5.02 Å². The molecule has 0 spiro atoms. The van der Waals surface area contributed by atoms with Gasteiger partial charge in [0.25, 0.3) is 5.91 Å². The molecule has 27 heavy (non-hydrogen) atoms. The fourth-order valence-corrected chi connectivity index (χ4v) is 4.15. The highest BCUT2D eigenvalue weighted by Gasteiger charge is 2.25. The van der Waals surface area contributed by atoms with Gasteiger partial charge in [0.2, 0.25) is 0 Å². The van der Waals surface area contributed by atoms with Crippen LogP contribution in [0, 0.1) is 6.92 Å². The van der Waals surface area contributed by atoms with Crippen molar-refractivity contribution in [2.24, 2.45) is 0 Å². The molecule has 0 bridgehead atoms. The fraction of sp³-hybridized carbons (Fsp3) is 0.421. The Morgan fingerprint density at radius 1 is 1.30 bits per heavy atom. The number of amides is 1. The summed E-state index contributed by atoms with van der Waals surface area (Å²) in [4.78, 5) is 21.7. The lowest BCUT2D eigenvalue weighted by Crippen LogP contribution is -2.37. The Kier molecular flexibility index (Phi) is 5.83. The van der Waals surface area contributed by atoms with E-state index < -0.39 is 0 Å². The third-order valence-electron chi connectivity index (χ3n) is 4.24. The first kappa shape index (κ1) is 19.8. The number of rotatable bonds is 6. The number of para-hydroxylation sites is 1. The Hall–Kier alpha value is -1.96. The van der Waals surface area contributed by atoms with Crippen molar-refractivity contribution in [3.05, 3.63) is 40.7 Å². The first-order valence-electron chi connectivity index (χ1n) is 8.85. The molecular formula is C19H24ClN5OS. The van der Waals surface area contributed by atoms with E-state index in [9.17, 15) is 4.79 Å². The van der Waals surface area contributed by atoms with Crippen LogP contribution in [0.1, 0.15) is 36.1 Å². The van der Waals surface area contributed by atoms with Crippen molar-refractivity contribution in [2.75, 3.05) is 32.1 Å². The molecule has 0 N–H and O–H groups in total. The van der Waals surface area contributed by atoms with E-state index in [2.05, 4.69) is 10.1 Å². The highest BCUT2D eigenvalue weighted by molar-refractivity contribution is 7.22. The van der Waals surface area contributed by atoms with Gasteiger partial charge in [0, 0.05) is 24.8 Å². The van der Waals surface area contributed by atoms with Gasteiger partial charge in [-0.15, -0.1) is 0 Å². The largest absolute Gasteiger partial charge is 0.308 e. The summed E-state index contributed by atoms with van der Waals surface area (Å²) in [6, 6.07) is 7.71. The highest BCUT2D eigenvalue weighted by atomic mass is 35.5. The van der Waals surface area contributed by atoms with Gasteiger partial charge >= 0.3 is 0 Å².